The van der Waals surface area contributed by atoms with Gasteiger partial charge in [-0.25, -0.2) is 4.39 Å². The molecule has 182 valence electrons. The number of carbonyl (C=O) groups excluding carboxylic acids is 2. The summed E-state index contributed by atoms with van der Waals surface area (Å²) in [4.78, 5) is 31.2. The zero-order valence-electron chi connectivity index (χ0n) is 20.1. The molecule has 1 aliphatic rings. The Morgan fingerprint density at radius 1 is 1.12 bits per heavy atom. The minimum absolute atomic E-state index is 0.0262. The van der Waals surface area contributed by atoms with Crippen molar-refractivity contribution in [1.29, 1.82) is 0 Å². The minimum Gasteiger partial charge on any atom is -0.334 e. The Morgan fingerprint density at radius 2 is 1.82 bits per heavy atom. The Bertz CT molecular complexity index is 1040. The first-order chi connectivity index (χ1) is 16.1. The predicted molar refractivity (Wildman–Crippen MR) is 135 cm³/mol. The van der Waals surface area contributed by atoms with Crippen molar-refractivity contribution in [1.82, 2.24) is 14.7 Å². The molecule has 3 rings (SSSR count). The lowest BCUT2D eigenvalue weighted by atomic mass is 10.1. The molecule has 1 saturated heterocycles. The van der Waals surface area contributed by atoms with Gasteiger partial charge in [-0.15, -0.1) is 0 Å². The number of amides is 2. The quantitative estimate of drug-likeness (QED) is 0.598. The number of hydrogen-bond acceptors (Lipinski definition) is 4. The maximum Gasteiger partial charge on any atom is 0.246 e. The molecular formula is C26H32ClFN4O2. The molecule has 0 aromatic heterocycles. The van der Waals surface area contributed by atoms with Gasteiger partial charge < -0.3 is 15.1 Å². The van der Waals surface area contributed by atoms with Crippen molar-refractivity contribution >= 4 is 35.2 Å². The summed E-state index contributed by atoms with van der Waals surface area (Å²) in [6.07, 6.45) is 3.26. The van der Waals surface area contributed by atoms with Crippen LogP contribution in [0.15, 0.2) is 48.5 Å². The highest BCUT2D eigenvalue weighted by molar-refractivity contribution is 6.31. The van der Waals surface area contributed by atoms with Crippen LogP contribution < -0.4 is 5.32 Å². The number of rotatable bonds is 7. The number of likely N-dealkylation sites (N-methyl/N-ethyl adjacent to an activating group) is 1. The highest BCUT2D eigenvalue weighted by Gasteiger charge is 2.31. The number of anilines is 1. The van der Waals surface area contributed by atoms with E-state index >= 15 is 0 Å². The molecule has 2 atom stereocenters. The number of hydrogen-bond donors (Lipinski definition) is 1. The second kappa shape index (κ2) is 11.6. The summed E-state index contributed by atoms with van der Waals surface area (Å²) < 4.78 is 13.2. The standard InChI is InChI=1S/C26H32ClFN4O2/c1-18-15-32(19(2)14-31(18)16-20-5-10-23(28)11-6-20)26(34)12-8-21-7-9-22(27)13-24(21)29-25(33)17-30(3)4/h5-13,18-19H,14-17H2,1-4H3,(H,29,33)/b12-8+/t18-,19+/m0/s1. The zero-order chi connectivity index (χ0) is 24.8. The molecule has 0 unspecified atom stereocenters. The van der Waals surface area contributed by atoms with E-state index in [1.54, 1.807) is 47.4 Å². The van der Waals surface area contributed by atoms with Crippen LogP contribution in [-0.2, 0) is 16.1 Å². The molecule has 1 N–H and O–H groups in total. The van der Waals surface area contributed by atoms with Crippen LogP contribution in [0, 0.1) is 5.82 Å². The van der Waals surface area contributed by atoms with E-state index in [-0.39, 0.29) is 36.3 Å². The van der Waals surface area contributed by atoms with E-state index in [0.717, 1.165) is 12.1 Å². The number of nitrogens with one attached hydrogen (secondary N) is 1. The van der Waals surface area contributed by atoms with Gasteiger partial charge in [0.25, 0.3) is 0 Å². The summed E-state index contributed by atoms with van der Waals surface area (Å²) >= 11 is 6.12. The Kier molecular flexibility index (Phi) is 8.83. The molecule has 2 aromatic carbocycles. The fourth-order valence-electron chi connectivity index (χ4n) is 4.07. The lowest BCUT2D eigenvalue weighted by molar-refractivity contribution is -0.131. The fraction of sp³-hybridized carbons (Fsp3) is 0.385. The third kappa shape index (κ3) is 7.13. The molecule has 0 spiro atoms. The van der Waals surface area contributed by atoms with E-state index in [2.05, 4.69) is 17.1 Å². The van der Waals surface area contributed by atoms with Gasteiger partial charge in [0.05, 0.1) is 6.54 Å². The van der Waals surface area contributed by atoms with Gasteiger partial charge in [-0.2, -0.15) is 0 Å². The molecule has 0 bridgehead atoms. The van der Waals surface area contributed by atoms with E-state index in [4.69, 9.17) is 11.6 Å². The number of nitrogens with zero attached hydrogens (tertiary/aromatic N) is 3. The average Bonchev–Trinajstić information content (AvgIpc) is 2.76. The maximum absolute atomic E-state index is 13.2. The van der Waals surface area contributed by atoms with Gasteiger partial charge in [0.15, 0.2) is 0 Å². The summed E-state index contributed by atoms with van der Waals surface area (Å²) in [5, 5.41) is 3.37. The molecular weight excluding hydrogens is 455 g/mol. The highest BCUT2D eigenvalue weighted by atomic mass is 35.5. The first kappa shape index (κ1) is 25.9. The molecule has 6 nitrogen and oxygen atoms in total. The molecule has 0 radical (unpaired) electrons. The third-order valence-electron chi connectivity index (χ3n) is 5.85. The van der Waals surface area contributed by atoms with Crippen LogP contribution in [0.25, 0.3) is 6.08 Å². The van der Waals surface area contributed by atoms with Crippen molar-refractivity contribution in [3.63, 3.8) is 0 Å². The van der Waals surface area contributed by atoms with Crippen LogP contribution in [0.5, 0.6) is 0 Å². The van der Waals surface area contributed by atoms with Crippen molar-refractivity contribution in [2.24, 2.45) is 0 Å². The van der Waals surface area contributed by atoms with Gasteiger partial charge >= 0.3 is 0 Å². The summed E-state index contributed by atoms with van der Waals surface area (Å²) in [6.45, 7) is 6.40. The van der Waals surface area contributed by atoms with Crippen molar-refractivity contribution in [3.8, 4) is 0 Å². The Balaban J connectivity index is 1.66. The fourth-order valence-corrected chi connectivity index (χ4v) is 4.24. The molecule has 8 heteroatoms. The molecule has 1 heterocycles. The Hall–Kier alpha value is -2.74. The van der Waals surface area contributed by atoms with Crippen molar-refractivity contribution in [2.45, 2.75) is 32.5 Å². The third-order valence-corrected chi connectivity index (χ3v) is 6.09. The van der Waals surface area contributed by atoms with Crippen LogP contribution in [-0.4, -0.2) is 72.3 Å². The van der Waals surface area contributed by atoms with Gasteiger partial charge in [0, 0.05) is 48.5 Å². The first-order valence-electron chi connectivity index (χ1n) is 11.3. The van der Waals surface area contributed by atoms with Crippen LogP contribution in [0.3, 0.4) is 0 Å². The lowest BCUT2D eigenvalue weighted by Crippen LogP contribution is -2.57. The zero-order valence-corrected chi connectivity index (χ0v) is 20.8. The lowest BCUT2D eigenvalue weighted by Gasteiger charge is -2.44. The van der Waals surface area contributed by atoms with Gasteiger partial charge in [0.1, 0.15) is 5.82 Å². The van der Waals surface area contributed by atoms with Gasteiger partial charge in [-0.1, -0.05) is 29.8 Å². The summed E-state index contributed by atoms with van der Waals surface area (Å²) in [7, 11) is 3.64. The Labute approximate surface area is 206 Å². The molecule has 34 heavy (non-hydrogen) atoms. The molecule has 2 aromatic rings. The molecule has 0 saturated carbocycles. The molecule has 1 fully saturated rings. The van der Waals surface area contributed by atoms with Crippen LogP contribution in [0.2, 0.25) is 5.02 Å². The van der Waals surface area contributed by atoms with E-state index < -0.39 is 0 Å². The van der Waals surface area contributed by atoms with Crippen LogP contribution >= 0.6 is 11.6 Å². The summed E-state index contributed by atoms with van der Waals surface area (Å²) in [5.74, 6) is -0.484. The number of piperazine rings is 1. The number of halogens is 2. The topological polar surface area (TPSA) is 55.9 Å². The largest absolute Gasteiger partial charge is 0.334 e. The van der Waals surface area contributed by atoms with Crippen molar-refractivity contribution in [3.05, 3.63) is 70.5 Å². The first-order valence-corrected chi connectivity index (χ1v) is 11.7. The van der Waals surface area contributed by atoms with Crippen LogP contribution in [0.1, 0.15) is 25.0 Å². The number of carbonyl (C=O) groups is 2. The predicted octanol–water partition coefficient (Wildman–Crippen LogP) is 4.11. The van der Waals surface area contributed by atoms with Crippen molar-refractivity contribution in [2.75, 3.05) is 39.0 Å². The van der Waals surface area contributed by atoms with Crippen LogP contribution in [0.4, 0.5) is 10.1 Å². The Morgan fingerprint density at radius 3 is 2.50 bits per heavy atom. The summed E-state index contributed by atoms with van der Waals surface area (Å²) in [5.41, 5.74) is 2.32. The van der Waals surface area contributed by atoms with Crippen molar-refractivity contribution < 1.29 is 14.0 Å². The monoisotopic (exact) mass is 486 g/mol. The summed E-state index contributed by atoms with van der Waals surface area (Å²) in [6, 6.07) is 11.9. The van der Waals surface area contributed by atoms with Gasteiger partial charge in [-0.3, -0.25) is 14.5 Å². The number of benzene rings is 2. The van der Waals surface area contributed by atoms with Gasteiger partial charge in [-0.05, 0) is 69.4 Å². The van der Waals surface area contributed by atoms with E-state index in [1.807, 2.05) is 25.9 Å². The SMILES string of the molecule is C[C@@H]1CN(Cc2ccc(F)cc2)[C@@H](C)CN1C(=O)/C=C/c1ccc(Cl)cc1NC(=O)CN(C)C. The smallest absolute Gasteiger partial charge is 0.246 e. The molecule has 1 aliphatic heterocycles. The van der Waals surface area contributed by atoms with E-state index in [9.17, 15) is 14.0 Å². The molecule has 0 aliphatic carbocycles. The average molecular weight is 487 g/mol. The molecule has 2 amide bonds. The van der Waals surface area contributed by atoms with Gasteiger partial charge in [0.2, 0.25) is 11.8 Å². The highest BCUT2D eigenvalue weighted by Crippen LogP contribution is 2.23. The second-order valence-corrected chi connectivity index (χ2v) is 9.53. The van der Waals surface area contributed by atoms with E-state index in [0.29, 0.717) is 29.4 Å². The maximum atomic E-state index is 13.2. The minimum atomic E-state index is -0.242. The van der Waals surface area contributed by atoms with E-state index in [1.165, 1.54) is 12.1 Å². The second-order valence-electron chi connectivity index (χ2n) is 9.10. The normalized spacial score (nSPS) is 19.1.